The van der Waals surface area contributed by atoms with Gasteiger partial charge >= 0.3 is 7.60 Å². The van der Waals surface area contributed by atoms with Crippen LogP contribution < -0.4 is 20.1 Å². The van der Waals surface area contributed by atoms with Crippen molar-refractivity contribution in [3.05, 3.63) is 84.8 Å². The largest absolute Gasteiger partial charge is 0.459 e. The third-order valence-corrected chi connectivity index (χ3v) is 7.81. The summed E-state index contributed by atoms with van der Waals surface area (Å²) in [4.78, 5) is 14.7. The summed E-state index contributed by atoms with van der Waals surface area (Å²) in [5.41, 5.74) is 5.65. The van der Waals surface area contributed by atoms with Crippen molar-refractivity contribution in [2.24, 2.45) is 11.7 Å². The van der Waals surface area contributed by atoms with Crippen LogP contribution in [0.15, 0.2) is 83.5 Å². The number of rotatable bonds is 8. The lowest BCUT2D eigenvalue weighted by Crippen LogP contribution is -2.49. The molecule has 2 aromatic carbocycles. The van der Waals surface area contributed by atoms with E-state index in [1.165, 1.54) is 12.3 Å². The van der Waals surface area contributed by atoms with Gasteiger partial charge in [-0.05, 0) is 55.2 Å². The molecule has 1 amide bonds. The lowest BCUT2D eigenvalue weighted by Gasteiger charge is -2.38. The molecule has 0 aliphatic carbocycles. The van der Waals surface area contributed by atoms with Gasteiger partial charge in [-0.15, -0.1) is 0 Å². The maximum Gasteiger partial charge on any atom is 0.453 e. The highest BCUT2D eigenvalue weighted by Crippen LogP contribution is 2.55. The normalized spacial score (nSPS) is 15.4. The first-order valence-electron chi connectivity index (χ1n) is 11.0. The smallest absolute Gasteiger partial charge is 0.453 e. The van der Waals surface area contributed by atoms with Crippen LogP contribution in [0.1, 0.15) is 23.4 Å². The Bertz CT molecular complexity index is 1090. The van der Waals surface area contributed by atoms with E-state index in [0.717, 1.165) is 0 Å². The van der Waals surface area contributed by atoms with Crippen molar-refractivity contribution in [3.63, 3.8) is 0 Å². The lowest BCUT2D eigenvalue weighted by atomic mass is 9.96. The van der Waals surface area contributed by atoms with Crippen LogP contribution in [0.4, 0.5) is 0 Å². The van der Waals surface area contributed by atoms with Crippen molar-refractivity contribution in [1.29, 1.82) is 5.41 Å². The van der Waals surface area contributed by atoms with Crippen LogP contribution in [0.25, 0.3) is 0 Å². The molecule has 2 heterocycles. The van der Waals surface area contributed by atoms with Gasteiger partial charge in [-0.1, -0.05) is 36.4 Å². The molecule has 0 saturated carbocycles. The number of amides is 1. The Hall–Kier alpha value is -3.71. The Morgan fingerprint density at radius 3 is 2.03 bits per heavy atom. The maximum absolute atomic E-state index is 14.5. The van der Waals surface area contributed by atoms with E-state index in [1.807, 2.05) is 12.1 Å². The molecule has 34 heavy (non-hydrogen) atoms. The average molecular weight is 482 g/mol. The number of guanidine groups is 1. The number of nitrogens with zero attached hydrogens (tertiary/aromatic N) is 1. The number of carbonyl (C=O) groups is 1. The van der Waals surface area contributed by atoms with Crippen LogP contribution in [-0.4, -0.2) is 35.6 Å². The summed E-state index contributed by atoms with van der Waals surface area (Å²) in [6, 6.07) is 20.6. The first kappa shape index (κ1) is 23.4. The first-order chi connectivity index (χ1) is 16.4. The van der Waals surface area contributed by atoms with Crippen LogP contribution in [0, 0.1) is 11.3 Å². The molecule has 4 N–H and O–H groups in total. The molecular weight excluding hydrogens is 455 g/mol. The van der Waals surface area contributed by atoms with Gasteiger partial charge in [-0.25, -0.2) is 4.57 Å². The number of piperidine rings is 1. The zero-order valence-electron chi connectivity index (χ0n) is 18.5. The standard InChI is InChI=1S/C24H27N4O5P/c25-24(26)28-15-13-18(14-16-28)23(27-22(29)21-12-7-17-31-21)34(30,32-19-8-3-1-4-9-19)33-20-10-5-2-6-11-20/h1-12,17-18,23H,13-16H2,(H3,25,26)(H,27,29). The highest BCUT2D eigenvalue weighted by Gasteiger charge is 2.46. The van der Waals surface area contributed by atoms with E-state index in [9.17, 15) is 9.36 Å². The minimum absolute atomic E-state index is 0.0149. The second kappa shape index (κ2) is 10.5. The molecule has 4 rings (SSSR count). The number of hydrogen-bond acceptors (Lipinski definition) is 6. The molecule has 9 nitrogen and oxygen atoms in total. The summed E-state index contributed by atoms with van der Waals surface area (Å²) in [6.45, 7) is 0.980. The molecule has 0 bridgehead atoms. The van der Waals surface area contributed by atoms with E-state index >= 15 is 0 Å². The summed E-state index contributed by atoms with van der Waals surface area (Å²) in [6.07, 6.45) is 2.46. The molecule has 3 aromatic rings. The van der Waals surface area contributed by atoms with E-state index < -0.39 is 19.3 Å². The van der Waals surface area contributed by atoms with E-state index in [0.29, 0.717) is 37.4 Å². The highest BCUT2D eigenvalue weighted by atomic mass is 31.2. The third-order valence-electron chi connectivity index (χ3n) is 5.64. The van der Waals surface area contributed by atoms with Gasteiger partial charge in [0.2, 0.25) is 0 Å². The number of nitrogens with one attached hydrogen (secondary N) is 2. The molecule has 1 aromatic heterocycles. The zero-order valence-corrected chi connectivity index (χ0v) is 19.4. The first-order valence-corrected chi connectivity index (χ1v) is 12.6. The van der Waals surface area contributed by atoms with Crippen molar-refractivity contribution < 1.29 is 22.8 Å². The fourth-order valence-corrected chi connectivity index (χ4v) is 6.10. The Kier molecular flexibility index (Phi) is 7.23. The van der Waals surface area contributed by atoms with Gasteiger partial charge in [0.1, 0.15) is 11.5 Å². The molecule has 1 atom stereocenters. The van der Waals surface area contributed by atoms with Crippen LogP contribution in [0.5, 0.6) is 11.5 Å². The van der Waals surface area contributed by atoms with Crippen molar-refractivity contribution in [3.8, 4) is 11.5 Å². The lowest BCUT2D eigenvalue weighted by molar-refractivity contribution is 0.0895. The number of furan rings is 1. The maximum atomic E-state index is 14.5. The van der Waals surface area contributed by atoms with Gasteiger partial charge in [0, 0.05) is 13.1 Å². The number of benzene rings is 2. The summed E-state index contributed by atoms with van der Waals surface area (Å²) in [5, 5.41) is 10.6. The van der Waals surface area contributed by atoms with E-state index in [1.54, 1.807) is 59.5 Å². The van der Waals surface area contributed by atoms with Gasteiger partial charge in [0.05, 0.1) is 6.26 Å². The van der Waals surface area contributed by atoms with Crippen molar-refractivity contribution in [1.82, 2.24) is 10.2 Å². The van der Waals surface area contributed by atoms with Gasteiger partial charge in [0.25, 0.3) is 5.91 Å². The minimum Gasteiger partial charge on any atom is -0.459 e. The van der Waals surface area contributed by atoms with Gasteiger partial charge < -0.3 is 29.4 Å². The zero-order chi connectivity index (χ0) is 24.0. The van der Waals surface area contributed by atoms with Crippen LogP contribution in [-0.2, 0) is 4.57 Å². The van der Waals surface area contributed by atoms with Gasteiger partial charge in [-0.3, -0.25) is 10.2 Å². The summed E-state index contributed by atoms with van der Waals surface area (Å²) in [7, 11) is -4.02. The quantitative estimate of drug-likeness (QED) is 0.248. The third kappa shape index (κ3) is 5.61. The number of hydrogen-bond donors (Lipinski definition) is 3. The molecule has 0 radical (unpaired) electrons. The van der Waals surface area contributed by atoms with E-state index in [-0.39, 0.29) is 17.6 Å². The second-order valence-corrected chi connectivity index (χ2v) is 9.95. The van der Waals surface area contributed by atoms with Crippen molar-refractivity contribution >= 4 is 19.5 Å². The summed E-state index contributed by atoms with van der Waals surface area (Å²) < 4.78 is 31.8. The minimum atomic E-state index is -4.02. The molecule has 0 spiro atoms. The van der Waals surface area contributed by atoms with E-state index in [4.69, 9.17) is 24.6 Å². The molecular formula is C24H27N4O5P. The Balaban J connectivity index is 1.69. The molecule has 1 saturated heterocycles. The molecule has 1 unspecified atom stereocenters. The van der Waals surface area contributed by atoms with E-state index in [2.05, 4.69) is 5.32 Å². The van der Waals surface area contributed by atoms with Gasteiger partial charge in [-0.2, -0.15) is 0 Å². The average Bonchev–Trinajstić information content (AvgIpc) is 3.39. The summed E-state index contributed by atoms with van der Waals surface area (Å²) >= 11 is 0. The van der Waals surface area contributed by atoms with Crippen molar-refractivity contribution in [2.75, 3.05) is 13.1 Å². The molecule has 1 aliphatic rings. The Labute approximate surface area is 197 Å². The topological polar surface area (TPSA) is 131 Å². The van der Waals surface area contributed by atoms with Crippen LogP contribution in [0.2, 0.25) is 0 Å². The number of para-hydroxylation sites is 2. The van der Waals surface area contributed by atoms with Crippen molar-refractivity contribution in [2.45, 2.75) is 18.6 Å². The Morgan fingerprint density at radius 1 is 1.00 bits per heavy atom. The number of carbonyl (C=O) groups excluding carboxylic acids is 1. The molecule has 10 heteroatoms. The number of nitrogens with two attached hydrogens (primary N) is 1. The van der Waals surface area contributed by atoms with Gasteiger partial charge in [0.15, 0.2) is 17.5 Å². The second-order valence-electron chi connectivity index (χ2n) is 7.95. The monoisotopic (exact) mass is 482 g/mol. The fourth-order valence-electron chi connectivity index (χ4n) is 3.91. The predicted molar refractivity (Wildman–Crippen MR) is 128 cm³/mol. The van der Waals surface area contributed by atoms with Crippen LogP contribution >= 0.6 is 7.60 Å². The molecule has 1 fully saturated rings. The summed E-state index contributed by atoms with van der Waals surface area (Å²) in [5.74, 6) is -0.943. The number of likely N-dealkylation sites (tertiary alicyclic amines) is 1. The molecule has 178 valence electrons. The highest BCUT2D eigenvalue weighted by molar-refractivity contribution is 7.55. The van der Waals surface area contributed by atoms with Crippen LogP contribution in [0.3, 0.4) is 0 Å². The Morgan fingerprint density at radius 2 is 1.56 bits per heavy atom. The predicted octanol–water partition coefficient (Wildman–Crippen LogP) is 4.29. The molecule has 1 aliphatic heterocycles. The SMILES string of the molecule is N=C(N)N1CCC(C(NC(=O)c2ccco2)P(=O)(Oc2ccccc2)Oc2ccccc2)CC1. The fraction of sp³-hybridized carbons (Fsp3) is 0.250.